The summed E-state index contributed by atoms with van der Waals surface area (Å²) in [4.78, 5) is 23.7. The van der Waals surface area contributed by atoms with Crippen molar-refractivity contribution in [2.45, 2.75) is 51.4 Å². The number of nitrogens with zero attached hydrogens (tertiary/aromatic N) is 1. The minimum atomic E-state index is 0.00212. The van der Waals surface area contributed by atoms with E-state index in [0.29, 0.717) is 18.4 Å². The molecule has 0 heterocycles. The van der Waals surface area contributed by atoms with Crippen LogP contribution in [0.15, 0.2) is 54.6 Å². The van der Waals surface area contributed by atoms with E-state index in [9.17, 15) is 9.59 Å². The third-order valence-corrected chi connectivity index (χ3v) is 4.41. The van der Waals surface area contributed by atoms with Gasteiger partial charge in [0, 0.05) is 24.2 Å². The fourth-order valence-corrected chi connectivity index (χ4v) is 2.87. The van der Waals surface area contributed by atoms with Crippen molar-refractivity contribution in [3.63, 3.8) is 0 Å². The highest BCUT2D eigenvalue weighted by molar-refractivity contribution is 5.91. The second-order valence-electron chi connectivity index (χ2n) is 6.77. The predicted octanol–water partition coefficient (Wildman–Crippen LogP) is 5.26. The molecule has 0 saturated carbocycles. The van der Waals surface area contributed by atoms with Crippen LogP contribution in [0.5, 0.6) is 0 Å². The molecule has 5 heteroatoms. The molecule has 2 aromatic rings. The number of hydrogen-bond acceptors (Lipinski definition) is 3. The number of nitrogens with one attached hydrogen (secondary N) is 2. The van der Waals surface area contributed by atoms with Crippen molar-refractivity contribution in [3.8, 4) is 6.07 Å². The van der Waals surface area contributed by atoms with E-state index in [1.54, 1.807) is 24.3 Å². The van der Waals surface area contributed by atoms with Crippen LogP contribution in [0.2, 0.25) is 0 Å². The van der Waals surface area contributed by atoms with Crippen molar-refractivity contribution >= 4 is 23.2 Å². The van der Waals surface area contributed by atoms with Gasteiger partial charge in [0.15, 0.2) is 0 Å². The van der Waals surface area contributed by atoms with Gasteiger partial charge in [0.2, 0.25) is 11.8 Å². The molecule has 2 aromatic carbocycles. The largest absolute Gasteiger partial charge is 0.326 e. The lowest BCUT2D eigenvalue weighted by molar-refractivity contribution is -0.117. The van der Waals surface area contributed by atoms with Crippen LogP contribution in [0.4, 0.5) is 11.4 Å². The van der Waals surface area contributed by atoms with Crippen LogP contribution in [0.1, 0.15) is 56.9 Å². The van der Waals surface area contributed by atoms with E-state index in [4.69, 9.17) is 5.26 Å². The SMILES string of the molecule is N#Cc1ccc(NC(=O)CCCCCCCCC(=O)Nc2ccccc2)cc1. The third-order valence-electron chi connectivity index (χ3n) is 4.41. The van der Waals surface area contributed by atoms with Gasteiger partial charge in [-0.3, -0.25) is 9.59 Å². The maximum atomic E-state index is 11.9. The number of nitriles is 1. The van der Waals surface area contributed by atoms with Crippen LogP contribution in [0.25, 0.3) is 0 Å². The Kier molecular flexibility index (Phi) is 9.30. The van der Waals surface area contributed by atoms with Crippen LogP contribution in [-0.4, -0.2) is 11.8 Å². The van der Waals surface area contributed by atoms with Crippen molar-refractivity contribution in [2.75, 3.05) is 10.6 Å². The standard InChI is InChI=1S/C23H27N3O2/c24-18-19-14-16-21(17-15-19)26-23(28)13-9-4-2-1-3-8-12-22(27)25-20-10-6-5-7-11-20/h5-7,10-11,14-17H,1-4,8-9,12-13H2,(H,25,27)(H,26,28). The molecule has 0 aliphatic carbocycles. The summed E-state index contributed by atoms with van der Waals surface area (Å²) < 4.78 is 0. The number of carbonyl (C=O) groups excluding carboxylic acids is 2. The number of para-hydroxylation sites is 1. The highest BCUT2D eigenvalue weighted by atomic mass is 16.2. The second-order valence-corrected chi connectivity index (χ2v) is 6.77. The summed E-state index contributed by atoms with van der Waals surface area (Å²) in [6, 6.07) is 18.4. The number of hydrogen-bond donors (Lipinski definition) is 2. The number of benzene rings is 2. The number of anilines is 2. The van der Waals surface area contributed by atoms with Gasteiger partial charge in [-0.15, -0.1) is 0 Å². The molecule has 0 atom stereocenters. The molecule has 0 saturated heterocycles. The lowest BCUT2D eigenvalue weighted by atomic mass is 10.1. The predicted molar refractivity (Wildman–Crippen MR) is 112 cm³/mol. The fourth-order valence-electron chi connectivity index (χ4n) is 2.87. The minimum absolute atomic E-state index is 0.00212. The minimum Gasteiger partial charge on any atom is -0.326 e. The Bertz CT molecular complexity index is 780. The average Bonchev–Trinajstić information content (AvgIpc) is 2.71. The maximum absolute atomic E-state index is 11.9. The van der Waals surface area contributed by atoms with Crippen LogP contribution in [-0.2, 0) is 9.59 Å². The normalized spacial score (nSPS) is 10.1. The summed E-state index contributed by atoms with van der Waals surface area (Å²) in [5.74, 6) is 0.0629. The Morgan fingerprint density at radius 2 is 1.14 bits per heavy atom. The molecule has 28 heavy (non-hydrogen) atoms. The molecule has 0 unspecified atom stereocenters. The van der Waals surface area contributed by atoms with Crippen LogP contribution in [0.3, 0.4) is 0 Å². The molecule has 146 valence electrons. The van der Waals surface area contributed by atoms with Gasteiger partial charge >= 0.3 is 0 Å². The molecule has 0 fully saturated rings. The molecule has 0 aliphatic heterocycles. The van der Waals surface area contributed by atoms with E-state index in [-0.39, 0.29) is 11.8 Å². The zero-order chi connectivity index (χ0) is 20.0. The summed E-state index contributed by atoms with van der Waals surface area (Å²) in [7, 11) is 0. The van der Waals surface area contributed by atoms with E-state index >= 15 is 0 Å². The van der Waals surface area contributed by atoms with Gasteiger partial charge in [0.05, 0.1) is 11.6 Å². The first kappa shape index (κ1) is 21.2. The second kappa shape index (κ2) is 12.3. The van der Waals surface area contributed by atoms with E-state index in [1.165, 1.54) is 0 Å². The van der Waals surface area contributed by atoms with Gasteiger partial charge in [0.25, 0.3) is 0 Å². The summed E-state index contributed by atoms with van der Waals surface area (Å²) in [6.45, 7) is 0. The Balaban J connectivity index is 1.46. The van der Waals surface area contributed by atoms with Crippen LogP contribution >= 0.6 is 0 Å². The molecule has 0 aromatic heterocycles. The van der Waals surface area contributed by atoms with Crippen molar-refractivity contribution in [2.24, 2.45) is 0 Å². The summed E-state index contributed by atoms with van der Waals surface area (Å²) in [6.07, 6.45) is 6.98. The lowest BCUT2D eigenvalue weighted by Crippen LogP contribution is -2.11. The first-order valence-electron chi connectivity index (χ1n) is 9.82. The molecule has 2 N–H and O–H groups in total. The highest BCUT2D eigenvalue weighted by Crippen LogP contribution is 2.12. The maximum Gasteiger partial charge on any atom is 0.224 e. The quantitative estimate of drug-likeness (QED) is 0.524. The van der Waals surface area contributed by atoms with Gasteiger partial charge in [-0.05, 0) is 49.2 Å². The smallest absolute Gasteiger partial charge is 0.224 e. The number of unbranched alkanes of at least 4 members (excludes halogenated alkanes) is 5. The van der Waals surface area contributed by atoms with Gasteiger partial charge in [-0.2, -0.15) is 5.26 Å². The zero-order valence-electron chi connectivity index (χ0n) is 16.1. The van der Waals surface area contributed by atoms with E-state index < -0.39 is 0 Å². The third kappa shape index (κ3) is 8.50. The molecule has 0 aliphatic rings. The Morgan fingerprint density at radius 3 is 1.64 bits per heavy atom. The lowest BCUT2D eigenvalue weighted by Gasteiger charge is -2.06. The Morgan fingerprint density at radius 1 is 0.679 bits per heavy atom. The van der Waals surface area contributed by atoms with Gasteiger partial charge in [-0.1, -0.05) is 43.9 Å². The van der Waals surface area contributed by atoms with Crippen LogP contribution in [0, 0.1) is 11.3 Å². The Labute approximate surface area is 166 Å². The summed E-state index contributed by atoms with van der Waals surface area (Å²) >= 11 is 0. The van der Waals surface area contributed by atoms with E-state index in [0.717, 1.165) is 49.9 Å². The molecule has 2 rings (SSSR count). The number of amides is 2. The first-order valence-corrected chi connectivity index (χ1v) is 9.82. The van der Waals surface area contributed by atoms with Crippen LogP contribution < -0.4 is 10.6 Å². The monoisotopic (exact) mass is 377 g/mol. The summed E-state index contributed by atoms with van der Waals surface area (Å²) in [5.41, 5.74) is 2.14. The molecular formula is C23H27N3O2. The molecule has 0 bridgehead atoms. The molecule has 0 spiro atoms. The van der Waals surface area contributed by atoms with Crippen molar-refractivity contribution in [1.82, 2.24) is 0 Å². The van der Waals surface area contributed by atoms with Gasteiger partial charge < -0.3 is 10.6 Å². The molecule has 2 amide bonds. The summed E-state index contributed by atoms with van der Waals surface area (Å²) in [5, 5.41) is 14.5. The number of rotatable bonds is 11. The van der Waals surface area contributed by atoms with Crippen molar-refractivity contribution in [3.05, 3.63) is 60.2 Å². The first-order chi connectivity index (χ1) is 13.7. The molecular weight excluding hydrogens is 350 g/mol. The molecule has 5 nitrogen and oxygen atoms in total. The van der Waals surface area contributed by atoms with Crippen molar-refractivity contribution < 1.29 is 9.59 Å². The Hall–Kier alpha value is -3.13. The van der Waals surface area contributed by atoms with Gasteiger partial charge in [-0.25, -0.2) is 0 Å². The fraction of sp³-hybridized carbons (Fsp3) is 0.348. The molecule has 0 radical (unpaired) electrons. The van der Waals surface area contributed by atoms with Gasteiger partial charge in [0.1, 0.15) is 0 Å². The highest BCUT2D eigenvalue weighted by Gasteiger charge is 2.04. The average molecular weight is 377 g/mol. The van der Waals surface area contributed by atoms with Crippen molar-refractivity contribution in [1.29, 1.82) is 5.26 Å². The topological polar surface area (TPSA) is 82.0 Å². The van der Waals surface area contributed by atoms with E-state index in [1.807, 2.05) is 30.3 Å². The number of carbonyl (C=O) groups is 2. The van der Waals surface area contributed by atoms with E-state index in [2.05, 4.69) is 16.7 Å². The zero-order valence-corrected chi connectivity index (χ0v) is 16.1.